The third kappa shape index (κ3) is 4.33. The standard InChI is InChI=1S/C32H23N3S.C2H6/c1-3-9-22(10-4-1)24-17-25(23-11-5-2-6-12-23)19-26(18-24)27-20-33-32(34-21-27)35-30-14-8-7-13-28(30)29-15-16-36-31(29)35;1-2/h1-21,32-33H;1-2H3. The fourth-order valence-electron chi connectivity index (χ4n) is 5.04. The summed E-state index contributed by atoms with van der Waals surface area (Å²) in [6, 6.07) is 38.6. The maximum atomic E-state index is 4.98. The van der Waals surface area contributed by atoms with E-state index in [4.69, 9.17) is 4.99 Å². The third-order valence-corrected chi connectivity index (χ3v) is 7.70. The van der Waals surface area contributed by atoms with Gasteiger partial charge >= 0.3 is 0 Å². The molecule has 0 spiro atoms. The molecule has 3 nitrogen and oxygen atoms in total. The Bertz CT molecular complexity index is 1700. The van der Waals surface area contributed by atoms with Gasteiger partial charge in [-0.05, 0) is 63.5 Å². The van der Waals surface area contributed by atoms with Crippen LogP contribution in [0.4, 0.5) is 0 Å². The van der Waals surface area contributed by atoms with E-state index in [9.17, 15) is 0 Å². The molecule has 2 aromatic heterocycles. The summed E-state index contributed by atoms with van der Waals surface area (Å²) in [6.45, 7) is 4.00. The number of nitrogens with one attached hydrogen (secondary N) is 1. The lowest BCUT2D eigenvalue weighted by atomic mass is 9.93. The number of thiophene rings is 1. The molecule has 1 atom stereocenters. The van der Waals surface area contributed by atoms with Crippen LogP contribution in [0.1, 0.15) is 25.7 Å². The highest BCUT2D eigenvalue weighted by molar-refractivity contribution is 7.17. The second-order valence-corrected chi connectivity index (χ2v) is 9.87. The predicted octanol–water partition coefficient (Wildman–Crippen LogP) is 9.39. The SMILES string of the molecule is C1=NC(n2c3ccccc3c3ccsc32)NC=C1c1cc(-c2ccccc2)cc(-c2ccccc2)c1.CC. The highest BCUT2D eigenvalue weighted by Crippen LogP contribution is 2.36. The van der Waals surface area contributed by atoms with E-state index in [1.165, 1.54) is 43.4 Å². The van der Waals surface area contributed by atoms with Crippen molar-refractivity contribution in [3.05, 3.63) is 126 Å². The molecule has 1 aliphatic heterocycles. The number of aliphatic imine (C=N–C) groups is 1. The number of aromatic nitrogens is 1. The van der Waals surface area contributed by atoms with Crippen LogP contribution in [0.2, 0.25) is 0 Å². The van der Waals surface area contributed by atoms with E-state index >= 15 is 0 Å². The van der Waals surface area contributed by atoms with Crippen molar-refractivity contribution in [2.75, 3.05) is 0 Å². The molecular weight excluding hydrogens is 482 g/mol. The summed E-state index contributed by atoms with van der Waals surface area (Å²) in [5, 5.41) is 8.28. The average Bonchev–Trinajstić information content (AvgIpc) is 3.60. The fourth-order valence-corrected chi connectivity index (χ4v) is 5.99. The molecule has 38 heavy (non-hydrogen) atoms. The molecule has 6 aromatic rings. The van der Waals surface area contributed by atoms with Crippen molar-refractivity contribution in [2.45, 2.75) is 20.1 Å². The first kappa shape index (κ1) is 24.0. The molecule has 7 rings (SSSR count). The van der Waals surface area contributed by atoms with E-state index < -0.39 is 0 Å². The second kappa shape index (κ2) is 10.5. The summed E-state index contributed by atoms with van der Waals surface area (Å²) in [4.78, 5) is 6.22. The molecule has 4 aromatic carbocycles. The van der Waals surface area contributed by atoms with Gasteiger partial charge in [0, 0.05) is 28.8 Å². The average molecular weight is 512 g/mol. The van der Waals surface area contributed by atoms with Crippen LogP contribution in [0.15, 0.2) is 126 Å². The zero-order valence-corrected chi connectivity index (χ0v) is 22.3. The largest absolute Gasteiger partial charge is 0.352 e. The van der Waals surface area contributed by atoms with Crippen LogP contribution in [0.5, 0.6) is 0 Å². The van der Waals surface area contributed by atoms with Crippen LogP contribution in [0.25, 0.3) is 48.9 Å². The summed E-state index contributed by atoms with van der Waals surface area (Å²) in [6.07, 6.45) is 3.93. The topological polar surface area (TPSA) is 29.3 Å². The van der Waals surface area contributed by atoms with E-state index in [0.717, 1.165) is 11.1 Å². The molecule has 1 unspecified atom stereocenters. The van der Waals surface area contributed by atoms with Gasteiger partial charge in [0.2, 0.25) is 6.29 Å². The molecule has 1 N–H and O–H groups in total. The van der Waals surface area contributed by atoms with Crippen molar-refractivity contribution in [2.24, 2.45) is 4.99 Å². The van der Waals surface area contributed by atoms with E-state index in [-0.39, 0.29) is 6.29 Å². The highest BCUT2D eigenvalue weighted by Gasteiger charge is 2.20. The van der Waals surface area contributed by atoms with Crippen LogP contribution in [0, 0.1) is 0 Å². The minimum Gasteiger partial charge on any atom is -0.352 e. The van der Waals surface area contributed by atoms with Gasteiger partial charge in [0.1, 0.15) is 4.83 Å². The summed E-state index contributed by atoms with van der Waals surface area (Å²) in [7, 11) is 0. The van der Waals surface area contributed by atoms with Gasteiger partial charge in [-0.3, -0.25) is 4.57 Å². The molecule has 0 bridgehead atoms. The van der Waals surface area contributed by atoms with Gasteiger partial charge in [-0.1, -0.05) is 92.7 Å². The zero-order chi connectivity index (χ0) is 25.9. The second-order valence-electron chi connectivity index (χ2n) is 8.98. The van der Waals surface area contributed by atoms with Gasteiger partial charge in [-0.25, -0.2) is 4.99 Å². The molecule has 4 heteroatoms. The predicted molar refractivity (Wildman–Crippen MR) is 165 cm³/mol. The minimum atomic E-state index is -0.180. The minimum absolute atomic E-state index is 0.180. The van der Waals surface area contributed by atoms with Crippen LogP contribution in [-0.2, 0) is 0 Å². The first-order chi connectivity index (χ1) is 18.8. The fraction of sp³-hybridized carbons (Fsp3) is 0.0882. The van der Waals surface area contributed by atoms with Crippen LogP contribution in [0.3, 0.4) is 0 Å². The molecular formula is C34H29N3S. The van der Waals surface area contributed by atoms with Gasteiger partial charge in [0.25, 0.3) is 0 Å². The smallest absolute Gasteiger partial charge is 0.201 e. The summed E-state index contributed by atoms with van der Waals surface area (Å²) < 4.78 is 2.30. The Hall–Kier alpha value is -4.41. The third-order valence-electron chi connectivity index (χ3n) is 6.79. The number of allylic oxidation sites excluding steroid dienone is 1. The summed E-state index contributed by atoms with van der Waals surface area (Å²) in [5.74, 6) is 0. The molecule has 0 saturated heterocycles. The van der Waals surface area contributed by atoms with Crippen molar-refractivity contribution in [1.82, 2.24) is 9.88 Å². The van der Waals surface area contributed by atoms with E-state index in [1.54, 1.807) is 11.3 Å². The number of fused-ring (bicyclic) bond motifs is 3. The Morgan fingerprint density at radius 2 is 1.26 bits per heavy atom. The Morgan fingerprint density at radius 1 is 0.658 bits per heavy atom. The van der Waals surface area contributed by atoms with Crippen molar-refractivity contribution < 1.29 is 0 Å². The van der Waals surface area contributed by atoms with Gasteiger partial charge in [-0.2, -0.15) is 0 Å². The lowest BCUT2D eigenvalue weighted by Crippen LogP contribution is -2.23. The Morgan fingerprint density at radius 3 is 1.89 bits per heavy atom. The Labute approximate surface area is 227 Å². The van der Waals surface area contributed by atoms with Crippen molar-refractivity contribution in [3.63, 3.8) is 0 Å². The van der Waals surface area contributed by atoms with E-state index in [1.807, 2.05) is 20.1 Å². The number of rotatable bonds is 4. The molecule has 0 saturated carbocycles. The molecule has 3 heterocycles. The molecule has 186 valence electrons. The van der Waals surface area contributed by atoms with Gasteiger partial charge in [0.15, 0.2) is 0 Å². The monoisotopic (exact) mass is 511 g/mol. The van der Waals surface area contributed by atoms with Gasteiger partial charge < -0.3 is 5.32 Å². The molecule has 0 amide bonds. The highest BCUT2D eigenvalue weighted by atomic mass is 32.1. The molecule has 0 radical (unpaired) electrons. The maximum Gasteiger partial charge on any atom is 0.201 e. The quantitative estimate of drug-likeness (QED) is 0.251. The molecule has 0 aliphatic carbocycles. The van der Waals surface area contributed by atoms with Crippen molar-refractivity contribution in [3.8, 4) is 22.3 Å². The normalized spacial score (nSPS) is 14.6. The first-order valence-corrected chi connectivity index (χ1v) is 13.9. The van der Waals surface area contributed by atoms with Crippen molar-refractivity contribution in [1.29, 1.82) is 0 Å². The van der Waals surface area contributed by atoms with E-state index in [2.05, 4.69) is 131 Å². The first-order valence-electron chi connectivity index (χ1n) is 13.1. The van der Waals surface area contributed by atoms with E-state index in [0.29, 0.717) is 0 Å². The van der Waals surface area contributed by atoms with Gasteiger partial charge in [-0.15, -0.1) is 11.3 Å². The number of hydrogen-bond donors (Lipinski definition) is 1. The number of benzene rings is 4. The maximum absolute atomic E-state index is 4.98. The van der Waals surface area contributed by atoms with Crippen LogP contribution < -0.4 is 5.32 Å². The van der Waals surface area contributed by atoms with Crippen molar-refractivity contribution >= 4 is 44.2 Å². The summed E-state index contributed by atoms with van der Waals surface area (Å²) >= 11 is 1.76. The van der Waals surface area contributed by atoms with Gasteiger partial charge in [0.05, 0.1) is 5.52 Å². The van der Waals surface area contributed by atoms with Crippen LogP contribution >= 0.6 is 11.3 Å². The molecule has 0 fully saturated rings. The molecule has 1 aliphatic rings. The lowest BCUT2D eigenvalue weighted by molar-refractivity contribution is 0.504. The number of nitrogens with zero attached hydrogens (tertiary/aromatic N) is 2. The lowest BCUT2D eigenvalue weighted by Gasteiger charge is -2.22. The summed E-state index contributed by atoms with van der Waals surface area (Å²) in [5.41, 5.74) is 8.20. The number of para-hydroxylation sites is 1. The van der Waals surface area contributed by atoms with Crippen LogP contribution in [-0.4, -0.2) is 10.8 Å². The Kier molecular flexibility index (Phi) is 6.63. The number of hydrogen-bond acceptors (Lipinski definition) is 3. The Balaban J connectivity index is 0.00000129. The zero-order valence-electron chi connectivity index (χ0n) is 21.5.